The molecule has 1 heteroatoms. The van der Waals surface area contributed by atoms with Gasteiger partial charge in [0.1, 0.15) is 0 Å². The van der Waals surface area contributed by atoms with Gasteiger partial charge >= 0.3 is 0 Å². The van der Waals surface area contributed by atoms with Crippen LogP contribution in [0, 0.1) is 0 Å². The van der Waals surface area contributed by atoms with E-state index in [1.54, 1.807) is 0 Å². The van der Waals surface area contributed by atoms with Gasteiger partial charge in [0.15, 0.2) is 0 Å². The van der Waals surface area contributed by atoms with Crippen molar-refractivity contribution < 1.29 is 0 Å². The Labute approximate surface area is 123 Å². The molecule has 0 aliphatic carbocycles. The summed E-state index contributed by atoms with van der Waals surface area (Å²) < 4.78 is 0. The summed E-state index contributed by atoms with van der Waals surface area (Å²) in [4.78, 5) is 0. The summed E-state index contributed by atoms with van der Waals surface area (Å²) in [6.07, 6.45) is 0. The number of para-hydroxylation sites is 1. The fourth-order valence-electron chi connectivity index (χ4n) is 2.69. The van der Waals surface area contributed by atoms with Gasteiger partial charge in [0, 0.05) is 5.39 Å². The SMILES string of the molecule is c1ccc([N]c2cccc3cc4ccccc4cc23)cc1. The van der Waals surface area contributed by atoms with Crippen LogP contribution in [-0.2, 0) is 0 Å². The number of fused-ring (bicyclic) bond motifs is 2. The molecule has 0 aromatic heterocycles. The predicted molar refractivity (Wildman–Crippen MR) is 89.4 cm³/mol. The van der Waals surface area contributed by atoms with Crippen LogP contribution in [0.2, 0.25) is 0 Å². The Kier molecular flexibility index (Phi) is 2.82. The van der Waals surface area contributed by atoms with E-state index in [9.17, 15) is 0 Å². The highest BCUT2D eigenvalue weighted by molar-refractivity contribution is 6.03. The number of rotatable bonds is 2. The molecule has 99 valence electrons. The van der Waals surface area contributed by atoms with Gasteiger partial charge in [0.2, 0.25) is 0 Å². The maximum Gasteiger partial charge on any atom is 0.0715 e. The molecule has 1 nitrogen and oxygen atoms in total. The molecule has 0 spiro atoms. The molecule has 0 aliphatic rings. The van der Waals surface area contributed by atoms with Crippen LogP contribution in [-0.4, -0.2) is 0 Å². The normalized spacial score (nSPS) is 10.9. The Bertz CT molecular complexity index is 910. The summed E-state index contributed by atoms with van der Waals surface area (Å²) in [6, 6.07) is 29.3. The van der Waals surface area contributed by atoms with Gasteiger partial charge in [-0.25, -0.2) is 5.32 Å². The van der Waals surface area contributed by atoms with Gasteiger partial charge in [-0.3, -0.25) is 0 Å². The Morgan fingerprint density at radius 3 is 2.00 bits per heavy atom. The fourth-order valence-corrected chi connectivity index (χ4v) is 2.69. The Balaban J connectivity index is 1.90. The van der Waals surface area contributed by atoms with Gasteiger partial charge in [-0.1, -0.05) is 54.6 Å². The van der Waals surface area contributed by atoms with Crippen molar-refractivity contribution in [3.8, 4) is 0 Å². The first-order valence-electron chi connectivity index (χ1n) is 7.08. The van der Waals surface area contributed by atoms with Gasteiger partial charge < -0.3 is 0 Å². The van der Waals surface area contributed by atoms with Gasteiger partial charge in [-0.05, 0) is 46.5 Å². The van der Waals surface area contributed by atoms with Crippen LogP contribution in [0.5, 0.6) is 0 Å². The monoisotopic (exact) mass is 268 g/mol. The summed E-state index contributed by atoms with van der Waals surface area (Å²) >= 11 is 0. The smallest absolute Gasteiger partial charge is 0.0715 e. The van der Waals surface area contributed by atoms with Crippen molar-refractivity contribution in [1.29, 1.82) is 0 Å². The second-order valence-corrected chi connectivity index (χ2v) is 5.14. The van der Waals surface area contributed by atoms with E-state index >= 15 is 0 Å². The summed E-state index contributed by atoms with van der Waals surface area (Å²) in [6.45, 7) is 0. The highest BCUT2D eigenvalue weighted by Gasteiger charge is 2.04. The van der Waals surface area contributed by atoms with E-state index in [-0.39, 0.29) is 0 Å². The third kappa shape index (κ3) is 2.23. The van der Waals surface area contributed by atoms with Crippen LogP contribution < -0.4 is 5.32 Å². The van der Waals surface area contributed by atoms with E-state index < -0.39 is 0 Å². The molecule has 0 unspecified atom stereocenters. The van der Waals surface area contributed by atoms with Crippen molar-refractivity contribution in [2.45, 2.75) is 0 Å². The molecule has 1 radical (unpaired) electrons. The summed E-state index contributed by atoms with van der Waals surface area (Å²) in [5.41, 5.74) is 2.00. The zero-order valence-electron chi connectivity index (χ0n) is 11.5. The topological polar surface area (TPSA) is 14.1 Å². The van der Waals surface area contributed by atoms with Crippen LogP contribution in [0.25, 0.3) is 21.5 Å². The molecule has 0 amide bonds. The lowest BCUT2D eigenvalue weighted by Crippen LogP contribution is -1.89. The molecule has 0 heterocycles. The van der Waals surface area contributed by atoms with Gasteiger partial charge in [0.05, 0.1) is 11.4 Å². The highest BCUT2D eigenvalue weighted by atomic mass is 14.9. The fraction of sp³-hybridized carbons (Fsp3) is 0. The van der Waals surface area contributed by atoms with Gasteiger partial charge in [-0.15, -0.1) is 0 Å². The zero-order chi connectivity index (χ0) is 14.1. The summed E-state index contributed by atoms with van der Waals surface area (Å²) in [5.74, 6) is 0. The number of nitrogens with zero attached hydrogens (tertiary/aromatic N) is 1. The van der Waals surface area contributed by atoms with Crippen LogP contribution in [0.1, 0.15) is 0 Å². The first-order valence-corrected chi connectivity index (χ1v) is 7.08. The second kappa shape index (κ2) is 4.95. The summed E-state index contributed by atoms with van der Waals surface area (Å²) in [7, 11) is 0. The average molecular weight is 268 g/mol. The first kappa shape index (κ1) is 12.0. The van der Waals surface area contributed by atoms with Crippen LogP contribution in [0.4, 0.5) is 11.4 Å². The minimum atomic E-state index is 0.984. The quantitative estimate of drug-likeness (QED) is 0.422. The molecule has 0 atom stereocenters. The van der Waals surface area contributed by atoms with Crippen molar-refractivity contribution in [2.75, 3.05) is 0 Å². The minimum Gasteiger partial charge on any atom is -0.248 e. The number of hydrogen-bond acceptors (Lipinski definition) is 0. The molecule has 4 aromatic rings. The third-order valence-electron chi connectivity index (χ3n) is 3.73. The van der Waals surface area contributed by atoms with E-state index in [1.165, 1.54) is 21.5 Å². The van der Waals surface area contributed by atoms with Crippen molar-refractivity contribution in [3.05, 3.63) is 84.9 Å². The maximum absolute atomic E-state index is 4.78. The Morgan fingerprint density at radius 2 is 1.19 bits per heavy atom. The lowest BCUT2D eigenvalue weighted by Gasteiger charge is -2.08. The van der Waals surface area contributed by atoms with E-state index in [4.69, 9.17) is 5.32 Å². The van der Waals surface area contributed by atoms with Crippen molar-refractivity contribution in [2.24, 2.45) is 0 Å². The second-order valence-electron chi connectivity index (χ2n) is 5.14. The van der Waals surface area contributed by atoms with Crippen LogP contribution >= 0.6 is 0 Å². The van der Waals surface area contributed by atoms with Crippen molar-refractivity contribution >= 4 is 32.9 Å². The van der Waals surface area contributed by atoms with Crippen molar-refractivity contribution in [1.82, 2.24) is 5.32 Å². The first-order chi connectivity index (χ1) is 10.4. The standard InChI is InChI=1S/C20H14N/c1-2-10-18(11-3-1)21-20-12-6-9-17-13-15-7-4-5-8-16(15)14-19(17)20/h1-14H. The third-order valence-corrected chi connectivity index (χ3v) is 3.73. The Hall–Kier alpha value is -2.80. The van der Waals surface area contributed by atoms with Gasteiger partial charge in [-0.2, -0.15) is 0 Å². The molecule has 0 N–H and O–H groups in total. The molecule has 0 saturated heterocycles. The largest absolute Gasteiger partial charge is 0.248 e. The van der Waals surface area contributed by atoms with Crippen LogP contribution in [0.15, 0.2) is 84.9 Å². The molecular weight excluding hydrogens is 254 g/mol. The van der Waals surface area contributed by atoms with Crippen LogP contribution in [0.3, 0.4) is 0 Å². The molecule has 0 saturated carbocycles. The molecule has 4 rings (SSSR count). The number of benzene rings is 4. The molecular formula is C20H14N. The average Bonchev–Trinajstić information content (AvgIpc) is 2.54. The molecule has 21 heavy (non-hydrogen) atoms. The van der Waals surface area contributed by atoms with Crippen molar-refractivity contribution in [3.63, 3.8) is 0 Å². The zero-order valence-corrected chi connectivity index (χ0v) is 11.5. The molecule has 0 aliphatic heterocycles. The lowest BCUT2D eigenvalue weighted by molar-refractivity contribution is 1.20. The predicted octanol–water partition coefficient (Wildman–Crippen LogP) is 5.56. The lowest BCUT2D eigenvalue weighted by atomic mass is 10.0. The molecule has 0 fully saturated rings. The van der Waals surface area contributed by atoms with E-state index in [0.717, 1.165) is 11.4 Å². The minimum absolute atomic E-state index is 0.984. The van der Waals surface area contributed by atoms with E-state index in [0.29, 0.717) is 0 Å². The van der Waals surface area contributed by atoms with E-state index in [2.05, 4.69) is 54.6 Å². The number of hydrogen-bond donors (Lipinski definition) is 0. The molecule has 4 aromatic carbocycles. The van der Waals surface area contributed by atoms with E-state index in [1.807, 2.05) is 30.3 Å². The highest BCUT2D eigenvalue weighted by Crippen LogP contribution is 2.30. The summed E-state index contributed by atoms with van der Waals surface area (Å²) in [5, 5.41) is 9.71. The molecule has 0 bridgehead atoms. The Morgan fingerprint density at radius 1 is 0.524 bits per heavy atom. The maximum atomic E-state index is 4.78. The van der Waals surface area contributed by atoms with Gasteiger partial charge in [0.25, 0.3) is 0 Å².